The van der Waals surface area contributed by atoms with Crippen LogP contribution in [0.4, 0.5) is 0 Å². The van der Waals surface area contributed by atoms with E-state index in [9.17, 15) is 4.79 Å². The zero-order valence-corrected chi connectivity index (χ0v) is 14.3. The molecule has 6 heteroatoms. The van der Waals surface area contributed by atoms with Crippen molar-refractivity contribution in [1.82, 2.24) is 15.0 Å². The van der Waals surface area contributed by atoms with Crippen LogP contribution in [0.5, 0.6) is 0 Å². The molecule has 2 heterocycles. The number of carbonyl (C=O) groups is 1. The Morgan fingerprint density at radius 1 is 1.21 bits per heavy atom. The second-order valence-electron chi connectivity index (χ2n) is 7.57. The number of hydrogen-bond acceptors (Lipinski definition) is 5. The number of carbonyl (C=O) groups excluding carboxylic acids is 1. The Labute approximate surface area is 142 Å². The van der Waals surface area contributed by atoms with Crippen molar-refractivity contribution in [2.75, 3.05) is 26.3 Å². The maximum absolute atomic E-state index is 12.1. The number of rotatable bonds is 7. The SMILES string of the molecule is O=C(C1CC1)N1CCC(c2nc(CCOCC3CCCC3)no2)C1. The summed E-state index contributed by atoms with van der Waals surface area (Å²) in [6, 6.07) is 0. The summed E-state index contributed by atoms with van der Waals surface area (Å²) in [6.07, 6.45) is 9.07. The van der Waals surface area contributed by atoms with Crippen molar-refractivity contribution in [3.63, 3.8) is 0 Å². The molecule has 132 valence electrons. The monoisotopic (exact) mass is 333 g/mol. The van der Waals surface area contributed by atoms with Crippen molar-refractivity contribution in [2.45, 2.75) is 57.3 Å². The maximum Gasteiger partial charge on any atom is 0.231 e. The zero-order valence-electron chi connectivity index (χ0n) is 14.3. The van der Waals surface area contributed by atoms with Gasteiger partial charge in [-0.15, -0.1) is 0 Å². The van der Waals surface area contributed by atoms with Crippen molar-refractivity contribution in [1.29, 1.82) is 0 Å². The minimum absolute atomic E-state index is 0.202. The molecule has 24 heavy (non-hydrogen) atoms. The smallest absolute Gasteiger partial charge is 0.231 e. The summed E-state index contributed by atoms with van der Waals surface area (Å²) in [4.78, 5) is 18.6. The lowest BCUT2D eigenvalue weighted by atomic mass is 10.1. The predicted molar refractivity (Wildman–Crippen MR) is 87.4 cm³/mol. The lowest BCUT2D eigenvalue weighted by Gasteiger charge is -2.14. The molecule has 3 aliphatic rings. The highest BCUT2D eigenvalue weighted by Crippen LogP contribution is 2.34. The third-order valence-corrected chi connectivity index (χ3v) is 5.56. The molecule has 3 fully saturated rings. The zero-order chi connectivity index (χ0) is 16.4. The summed E-state index contributed by atoms with van der Waals surface area (Å²) < 4.78 is 11.2. The summed E-state index contributed by atoms with van der Waals surface area (Å²) >= 11 is 0. The van der Waals surface area contributed by atoms with Crippen LogP contribution in [0.1, 0.15) is 62.6 Å². The molecule has 1 atom stereocenters. The molecule has 1 aliphatic heterocycles. The summed E-state index contributed by atoms with van der Waals surface area (Å²) in [5.41, 5.74) is 0. The average molecular weight is 333 g/mol. The van der Waals surface area contributed by atoms with Crippen LogP contribution in [-0.4, -0.2) is 47.3 Å². The highest BCUT2D eigenvalue weighted by atomic mass is 16.5. The van der Waals surface area contributed by atoms with E-state index in [1.165, 1.54) is 25.7 Å². The standard InChI is InChI=1S/C18H27N3O3/c22-18(14-5-6-14)21-9-7-15(11-21)17-19-16(20-24-17)8-10-23-12-13-3-1-2-4-13/h13-15H,1-12H2. The Morgan fingerprint density at radius 2 is 2.04 bits per heavy atom. The molecular formula is C18H27N3O3. The first-order chi connectivity index (χ1) is 11.8. The van der Waals surface area contributed by atoms with Gasteiger partial charge in [-0.3, -0.25) is 4.79 Å². The number of nitrogens with zero attached hydrogens (tertiary/aromatic N) is 3. The fraction of sp³-hybridized carbons (Fsp3) is 0.833. The Balaban J connectivity index is 1.20. The molecular weight excluding hydrogens is 306 g/mol. The van der Waals surface area contributed by atoms with Crippen LogP contribution in [0.2, 0.25) is 0 Å². The number of ether oxygens (including phenoxy) is 1. The number of hydrogen-bond donors (Lipinski definition) is 0. The van der Waals surface area contributed by atoms with Gasteiger partial charge in [0.05, 0.1) is 12.5 Å². The predicted octanol–water partition coefficient (Wildman–Crippen LogP) is 2.54. The first kappa shape index (κ1) is 16.1. The van der Waals surface area contributed by atoms with Gasteiger partial charge in [0.15, 0.2) is 5.82 Å². The number of amides is 1. The highest BCUT2D eigenvalue weighted by Gasteiger charge is 2.38. The van der Waals surface area contributed by atoms with E-state index in [1.807, 2.05) is 4.90 Å². The van der Waals surface area contributed by atoms with E-state index in [2.05, 4.69) is 10.1 Å². The summed E-state index contributed by atoms with van der Waals surface area (Å²) in [6.45, 7) is 3.08. The van der Waals surface area contributed by atoms with Crippen LogP contribution in [-0.2, 0) is 16.0 Å². The molecule has 0 N–H and O–H groups in total. The average Bonchev–Trinajstić information content (AvgIpc) is 3.01. The van der Waals surface area contributed by atoms with Crippen molar-refractivity contribution in [3.05, 3.63) is 11.7 Å². The Morgan fingerprint density at radius 3 is 2.83 bits per heavy atom. The number of aromatic nitrogens is 2. The summed E-state index contributed by atoms with van der Waals surface area (Å²) in [5, 5.41) is 4.08. The fourth-order valence-corrected chi connectivity index (χ4v) is 3.88. The van der Waals surface area contributed by atoms with Crippen LogP contribution in [0.3, 0.4) is 0 Å². The van der Waals surface area contributed by atoms with E-state index in [-0.39, 0.29) is 5.92 Å². The number of likely N-dealkylation sites (tertiary alicyclic amines) is 1. The van der Waals surface area contributed by atoms with Gasteiger partial charge in [0.25, 0.3) is 0 Å². The van der Waals surface area contributed by atoms with Gasteiger partial charge >= 0.3 is 0 Å². The normalized spacial score (nSPS) is 24.8. The van der Waals surface area contributed by atoms with Gasteiger partial charge < -0.3 is 14.2 Å². The van der Waals surface area contributed by atoms with Crippen molar-refractivity contribution in [3.8, 4) is 0 Å². The fourth-order valence-electron chi connectivity index (χ4n) is 3.88. The molecule has 2 aliphatic carbocycles. The lowest BCUT2D eigenvalue weighted by molar-refractivity contribution is -0.131. The minimum atomic E-state index is 0.202. The molecule has 0 aromatic carbocycles. The van der Waals surface area contributed by atoms with Crippen LogP contribution >= 0.6 is 0 Å². The molecule has 6 nitrogen and oxygen atoms in total. The van der Waals surface area contributed by atoms with Crippen molar-refractivity contribution < 1.29 is 14.1 Å². The lowest BCUT2D eigenvalue weighted by Crippen LogP contribution is -2.29. The second kappa shape index (κ2) is 7.21. The largest absolute Gasteiger partial charge is 0.381 e. The Kier molecular flexibility index (Phi) is 4.83. The molecule has 1 saturated heterocycles. The molecule has 0 radical (unpaired) electrons. The van der Waals surface area contributed by atoms with Crippen LogP contribution < -0.4 is 0 Å². The van der Waals surface area contributed by atoms with Crippen molar-refractivity contribution >= 4 is 5.91 Å². The van der Waals surface area contributed by atoms with Gasteiger partial charge in [-0.25, -0.2) is 0 Å². The van der Waals surface area contributed by atoms with Crippen LogP contribution in [0, 0.1) is 11.8 Å². The van der Waals surface area contributed by atoms with Gasteiger partial charge in [0.1, 0.15) is 0 Å². The Bertz CT molecular complexity index is 564. The molecule has 0 bridgehead atoms. The van der Waals surface area contributed by atoms with E-state index >= 15 is 0 Å². The van der Waals surface area contributed by atoms with Gasteiger partial charge in [-0.2, -0.15) is 4.98 Å². The molecule has 4 rings (SSSR count). The molecule has 1 unspecified atom stereocenters. The summed E-state index contributed by atoms with van der Waals surface area (Å²) in [5.74, 6) is 2.97. The van der Waals surface area contributed by atoms with Crippen LogP contribution in [0.15, 0.2) is 4.52 Å². The second-order valence-corrected chi connectivity index (χ2v) is 7.57. The van der Waals surface area contributed by atoms with E-state index in [1.54, 1.807) is 0 Å². The van der Waals surface area contributed by atoms with Gasteiger partial charge in [-0.05, 0) is 38.0 Å². The minimum Gasteiger partial charge on any atom is -0.381 e. The highest BCUT2D eigenvalue weighted by molar-refractivity contribution is 5.81. The van der Waals surface area contributed by atoms with Crippen molar-refractivity contribution in [2.24, 2.45) is 11.8 Å². The molecule has 1 amide bonds. The maximum atomic E-state index is 12.1. The molecule has 1 aromatic rings. The van der Waals surface area contributed by atoms with Gasteiger partial charge in [0.2, 0.25) is 11.8 Å². The third kappa shape index (κ3) is 3.79. The Hall–Kier alpha value is -1.43. The molecule has 2 saturated carbocycles. The van der Waals surface area contributed by atoms with E-state index < -0.39 is 0 Å². The van der Waals surface area contributed by atoms with Gasteiger partial charge in [-0.1, -0.05) is 18.0 Å². The van der Waals surface area contributed by atoms with E-state index in [0.717, 1.165) is 50.7 Å². The molecule has 0 spiro atoms. The van der Waals surface area contributed by atoms with E-state index in [4.69, 9.17) is 9.26 Å². The molecule has 1 aromatic heterocycles. The quantitative estimate of drug-likeness (QED) is 0.717. The summed E-state index contributed by atoms with van der Waals surface area (Å²) in [7, 11) is 0. The first-order valence-corrected chi connectivity index (χ1v) is 9.48. The third-order valence-electron chi connectivity index (χ3n) is 5.56. The first-order valence-electron chi connectivity index (χ1n) is 9.48. The topological polar surface area (TPSA) is 68.5 Å². The van der Waals surface area contributed by atoms with E-state index in [0.29, 0.717) is 30.7 Å². The van der Waals surface area contributed by atoms with Gasteiger partial charge in [0, 0.05) is 32.0 Å². The van der Waals surface area contributed by atoms with Crippen LogP contribution in [0.25, 0.3) is 0 Å².